The van der Waals surface area contributed by atoms with E-state index in [1.807, 2.05) is 36.3 Å². The lowest BCUT2D eigenvalue weighted by Gasteiger charge is -2.30. The first-order valence-electron chi connectivity index (χ1n) is 8.22. The van der Waals surface area contributed by atoms with Gasteiger partial charge in [0.2, 0.25) is 0 Å². The third-order valence-electron chi connectivity index (χ3n) is 4.36. The molecule has 0 amide bonds. The van der Waals surface area contributed by atoms with Gasteiger partial charge < -0.3 is 14.0 Å². The van der Waals surface area contributed by atoms with Crippen molar-refractivity contribution in [3.8, 4) is 12.3 Å². The van der Waals surface area contributed by atoms with E-state index in [0.717, 1.165) is 5.56 Å². The van der Waals surface area contributed by atoms with Crippen LogP contribution in [0.25, 0.3) is 10.9 Å². The number of benzene rings is 2. The largest absolute Gasteiger partial charge is 0.433 e. The van der Waals surface area contributed by atoms with Crippen LogP contribution in [-0.2, 0) is 21.6 Å². The van der Waals surface area contributed by atoms with Crippen molar-refractivity contribution in [1.29, 1.82) is 0 Å². The van der Waals surface area contributed by atoms with E-state index in [4.69, 9.17) is 15.9 Å². The third-order valence-corrected chi connectivity index (χ3v) is 4.36. The predicted molar refractivity (Wildman–Crippen MR) is 97.0 cm³/mol. The normalized spacial score (nSPS) is 14.0. The average molecular weight is 373 g/mol. The van der Waals surface area contributed by atoms with Gasteiger partial charge in [0, 0.05) is 36.3 Å². The van der Waals surface area contributed by atoms with Crippen molar-refractivity contribution in [3.05, 3.63) is 71.9 Å². The predicted octanol–water partition coefficient (Wildman–Crippen LogP) is 4.70. The van der Waals surface area contributed by atoms with Gasteiger partial charge in [0.25, 0.3) is 5.60 Å². The molecule has 0 saturated heterocycles. The van der Waals surface area contributed by atoms with E-state index in [1.165, 1.54) is 13.3 Å². The molecule has 1 unspecified atom stereocenters. The van der Waals surface area contributed by atoms with Crippen LogP contribution in [-0.4, -0.2) is 24.6 Å². The molecule has 1 atom stereocenters. The Morgan fingerprint density at radius 1 is 1.04 bits per heavy atom. The number of para-hydroxylation sites is 1. The number of hydrogen-bond acceptors (Lipinski definition) is 2. The van der Waals surface area contributed by atoms with Crippen molar-refractivity contribution in [2.45, 2.75) is 18.3 Å². The van der Waals surface area contributed by atoms with E-state index in [2.05, 4.69) is 0 Å². The smallest absolute Gasteiger partial charge is 0.359 e. The molecule has 0 aliphatic carbocycles. The van der Waals surface area contributed by atoms with Crippen molar-refractivity contribution in [3.63, 3.8) is 0 Å². The number of rotatable bonds is 6. The summed E-state index contributed by atoms with van der Waals surface area (Å²) in [6, 6.07) is 16.3. The number of ether oxygens (including phenoxy) is 2. The summed E-state index contributed by atoms with van der Waals surface area (Å²) in [4.78, 5) is 0. The van der Waals surface area contributed by atoms with Crippen LogP contribution in [0, 0.1) is 12.3 Å². The lowest BCUT2D eigenvalue weighted by Crippen LogP contribution is -2.44. The Morgan fingerprint density at radius 2 is 1.70 bits per heavy atom. The standard InChI is InChI=1S/C21H18F3NO2/c1-3-20(21(22,23)24,27-15-26-2)18-14-25(13-16-9-5-4-6-10-16)19-12-8-7-11-17(18)19/h1,4-12,14H,13,15H2,2H3. The molecular weight excluding hydrogens is 355 g/mol. The first-order chi connectivity index (χ1) is 12.9. The highest BCUT2D eigenvalue weighted by atomic mass is 19.4. The minimum Gasteiger partial charge on any atom is -0.359 e. The third kappa shape index (κ3) is 3.44. The van der Waals surface area contributed by atoms with Gasteiger partial charge in [0.05, 0.1) is 0 Å². The summed E-state index contributed by atoms with van der Waals surface area (Å²) in [7, 11) is 1.25. The van der Waals surface area contributed by atoms with E-state index >= 15 is 0 Å². The van der Waals surface area contributed by atoms with E-state index in [0.29, 0.717) is 17.4 Å². The Bertz CT molecular complexity index is 957. The molecule has 0 radical (unpaired) electrons. The van der Waals surface area contributed by atoms with Gasteiger partial charge in [-0.2, -0.15) is 13.2 Å². The van der Waals surface area contributed by atoms with Crippen LogP contribution in [0.1, 0.15) is 11.1 Å². The molecule has 0 aliphatic rings. The number of alkyl halides is 3. The minimum atomic E-state index is -4.82. The molecule has 3 aromatic rings. The Morgan fingerprint density at radius 3 is 2.33 bits per heavy atom. The summed E-state index contributed by atoms with van der Waals surface area (Å²) in [5.41, 5.74) is -1.42. The zero-order valence-corrected chi connectivity index (χ0v) is 14.7. The molecule has 0 bridgehead atoms. The molecule has 0 fully saturated rings. The molecule has 1 aromatic heterocycles. The summed E-state index contributed by atoms with van der Waals surface area (Å²) >= 11 is 0. The van der Waals surface area contributed by atoms with Gasteiger partial charge in [-0.05, 0) is 11.6 Å². The quantitative estimate of drug-likeness (QED) is 0.462. The second-order valence-electron chi connectivity index (χ2n) is 6.05. The summed E-state index contributed by atoms with van der Waals surface area (Å²) in [5.74, 6) is 1.84. The van der Waals surface area contributed by atoms with Crippen LogP contribution in [0.4, 0.5) is 13.2 Å². The Kier molecular flexibility index (Phi) is 5.26. The fourth-order valence-corrected chi connectivity index (χ4v) is 3.10. The van der Waals surface area contributed by atoms with Gasteiger partial charge in [0.1, 0.15) is 6.79 Å². The summed E-state index contributed by atoms with van der Waals surface area (Å²) in [5, 5.41) is 0.389. The fourth-order valence-electron chi connectivity index (χ4n) is 3.10. The Balaban J connectivity index is 2.20. The molecular formula is C21H18F3NO2. The van der Waals surface area contributed by atoms with Crippen LogP contribution in [0.3, 0.4) is 0 Å². The van der Waals surface area contributed by atoms with Crippen molar-refractivity contribution in [1.82, 2.24) is 4.57 Å². The summed E-state index contributed by atoms with van der Waals surface area (Å²) < 4.78 is 53.6. The van der Waals surface area contributed by atoms with Gasteiger partial charge in [0.15, 0.2) is 0 Å². The van der Waals surface area contributed by atoms with Gasteiger partial charge in [-0.15, -0.1) is 6.42 Å². The number of fused-ring (bicyclic) bond motifs is 1. The molecule has 3 rings (SSSR count). The van der Waals surface area contributed by atoms with Crippen molar-refractivity contribution in [2.75, 3.05) is 13.9 Å². The molecule has 27 heavy (non-hydrogen) atoms. The molecule has 0 aliphatic heterocycles. The summed E-state index contributed by atoms with van der Waals surface area (Å²) in [6.45, 7) is -0.175. The first kappa shape index (κ1) is 19.0. The van der Waals surface area contributed by atoms with Crippen LogP contribution in [0.2, 0.25) is 0 Å². The molecule has 3 nitrogen and oxygen atoms in total. The maximum atomic E-state index is 14.0. The van der Waals surface area contributed by atoms with Gasteiger partial charge in [-0.3, -0.25) is 0 Å². The monoisotopic (exact) mass is 373 g/mol. The number of halogens is 3. The van der Waals surface area contributed by atoms with E-state index in [-0.39, 0.29) is 5.56 Å². The van der Waals surface area contributed by atoms with Gasteiger partial charge >= 0.3 is 6.18 Å². The Labute approximate surface area is 155 Å². The zero-order chi connectivity index (χ0) is 19.5. The second kappa shape index (κ2) is 7.47. The van der Waals surface area contributed by atoms with Gasteiger partial charge in [-0.1, -0.05) is 54.5 Å². The highest BCUT2D eigenvalue weighted by molar-refractivity contribution is 5.85. The lowest BCUT2D eigenvalue weighted by molar-refractivity contribution is -0.277. The van der Waals surface area contributed by atoms with Crippen LogP contribution in [0.5, 0.6) is 0 Å². The number of hydrogen-bond donors (Lipinski definition) is 0. The van der Waals surface area contributed by atoms with Crippen LogP contribution < -0.4 is 0 Å². The molecule has 1 heterocycles. The van der Waals surface area contributed by atoms with E-state index in [1.54, 1.807) is 28.8 Å². The highest BCUT2D eigenvalue weighted by Gasteiger charge is 2.58. The lowest BCUT2D eigenvalue weighted by atomic mass is 9.93. The maximum absolute atomic E-state index is 14.0. The highest BCUT2D eigenvalue weighted by Crippen LogP contribution is 2.45. The van der Waals surface area contributed by atoms with E-state index < -0.39 is 18.6 Å². The molecule has 0 N–H and O–H groups in total. The van der Waals surface area contributed by atoms with Crippen LogP contribution >= 0.6 is 0 Å². The van der Waals surface area contributed by atoms with Crippen molar-refractivity contribution < 1.29 is 22.6 Å². The SMILES string of the molecule is C#CC(OCOC)(c1cn(Cc2ccccc2)c2ccccc12)C(F)(F)F. The number of terminal acetylenes is 1. The topological polar surface area (TPSA) is 23.4 Å². The second-order valence-corrected chi connectivity index (χ2v) is 6.05. The minimum absolute atomic E-state index is 0.124. The van der Waals surface area contributed by atoms with Crippen molar-refractivity contribution >= 4 is 10.9 Å². The van der Waals surface area contributed by atoms with Crippen LogP contribution in [0.15, 0.2) is 60.8 Å². The maximum Gasteiger partial charge on any atom is 0.433 e. The van der Waals surface area contributed by atoms with E-state index in [9.17, 15) is 13.2 Å². The number of aromatic nitrogens is 1. The summed E-state index contributed by atoms with van der Waals surface area (Å²) in [6.07, 6.45) is 1.96. The fraction of sp³-hybridized carbons (Fsp3) is 0.238. The van der Waals surface area contributed by atoms with Gasteiger partial charge in [-0.25, -0.2) is 0 Å². The Hall–Kier alpha value is -2.75. The van der Waals surface area contributed by atoms with Crippen molar-refractivity contribution in [2.24, 2.45) is 0 Å². The molecule has 6 heteroatoms. The molecule has 0 saturated carbocycles. The average Bonchev–Trinajstić information content (AvgIpc) is 3.02. The molecule has 140 valence electrons. The molecule has 0 spiro atoms. The number of nitrogens with zero attached hydrogens (tertiary/aromatic N) is 1. The number of methoxy groups -OCH3 is 1. The first-order valence-corrected chi connectivity index (χ1v) is 8.22. The molecule has 2 aromatic carbocycles. The zero-order valence-electron chi connectivity index (χ0n) is 14.7.